The van der Waals surface area contributed by atoms with Crippen molar-refractivity contribution < 1.29 is 47.6 Å². The van der Waals surface area contributed by atoms with Gasteiger partial charge in [-0.1, -0.05) is 25.3 Å². The van der Waals surface area contributed by atoms with Gasteiger partial charge in [-0.3, -0.25) is 9.59 Å². The summed E-state index contributed by atoms with van der Waals surface area (Å²) in [4.78, 5) is 49.3. The summed E-state index contributed by atoms with van der Waals surface area (Å²) in [5.74, 6) is -0.344. The monoisotopic (exact) mass is 670 g/mol. The van der Waals surface area contributed by atoms with Crippen LogP contribution in [-0.4, -0.2) is 84.2 Å². The van der Waals surface area contributed by atoms with Crippen molar-refractivity contribution in [2.24, 2.45) is 11.8 Å². The van der Waals surface area contributed by atoms with Crippen LogP contribution in [0.5, 0.6) is 0 Å². The molecule has 4 heterocycles. The topological polar surface area (TPSA) is 130 Å². The molecule has 4 aliphatic heterocycles. The van der Waals surface area contributed by atoms with Crippen LogP contribution in [0.3, 0.4) is 0 Å². The van der Waals surface area contributed by atoms with Gasteiger partial charge in [0.15, 0.2) is 0 Å². The molecule has 0 aromatic heterocycles. The fourth-order valence-electron chi connectivity index (χ4n) is 7.41. The first kappa shape index (κ1) is 34.0. The summed E-state index contributed by atoms with van der Waals surface area (Å²) in [7, 11) is 0. The number of ether oxygens (including phenoxy) is 6. The molecule has 0 spiro atoms. The van der Waals surface area contributed by atoms with Crippen LogP contribution in [0.1, 0.15) is 78.1 Å². The number of thioether (sulfide) groups is 1. The molecule has 4 fully saturated rings. The fourth-order valence-corrected chi connectivity index (χ4v) is 8.23. The zero-order valence-corrected chi connectivity index (χ0v) is 28.2. The highest BCUT2D eigenvalue weighted by Crippen LogP contribution is 2.51. The molecule has 0 aromatic rings. The maximum atomic E-state index is 12.5. The fraction of sp³-hybridized carbons (Fsp3) is 0.667. The zero-order chi connectivity index (χ0) is 33.3. The lowest BCUT2D eigenvalue weighted by molar-refractivity contribution is -0.143. The number of hydrogen-bond acceptors (Lipinski definition) is 11. The van der Waals surface area contributed by atoms with E-state index in [-0.39, 0.29) is 97.4 Å². The number of carbonyl (C=O) groups is 4. The van der Waals surface area contributed by atoms with Crippen LogP contribution < -0.4 is 0 Å². The van der Waals surface area contributed by atoms with Gasteiger partial charge in [-0.25, -0.2) is 9.59 Å². The van der Waals surface area contributed by atoms with Crippen LogP contribution >= 0.6 is 11.8 Å². The molecule has 11 heteroatoms. The van der Waals surface area contributed by atoms with E-state index in [1.54, 1.807) is 0 Å². The average molecular weight is 671 g/mol. The lowest BCUT2D eigenvalue weighted by Crippen LogP contribution is -2.29. The van der Waals surface area contributed by atoms with Gasteiger partial charge in [-0.15, -0.1) is 0 Å². The molecule has 4 saturated heterocycles. The number of hydrogen-bond donors (Lipinski definition) is 0. The normalized spacial score (nSPS) is 38.5. The van der Waals surface area contributed by atoms with Crippen molar-refractivity contribution in [3.63, 3.8) is 0 Å². The third-order valence-corrected chi connectivity index (χ3v) is 11.6. The molecule has 0 aromatic carbocycles. The van der Waals surface area contributed by atoms with E-state index in [9.17, 15) is 19.2 Å². The molecule has 0 saturated carbocycles. The van der Waals surface area contributed by atoms with Crippen LogP contribution in [-0.2, 0) is 47.6 Å². The van der Waals surface area contributed by atoms with Gasteiger partial charge in [0.25, 0.3) is 0 Å². The Bertz CT molecular complexity index is 1280. The summed E-state index contributed by atoms with van der Waals surface area (Å²) in [6, 6.07) is 0. The van der Waals surface area contributed by atoms with E-state index >= 15 is 0 Å². The zero-order valence-electron chi connectivity index (χ0n) is 27.4. The van der Waals surface area contributed by atoms with Crippen LogP contribution in [0.25, 0.3) is 0 Å². The maximum Gasteiger partial charge on any atom is 0.334 e. The SMILES string of the molecule is C=C1C(=O)O[C@H]2[C@H]1CC/C(COC(=O)CCSCCC(=O)OC/C1=C/CC[C@@]3(C)O[C@H]3[C@H]3OC(=O)C(=C)[C@@H]3CC1)=C\CC[C@@]1(C)O[C@@H]21. The summed E-state index contributed by atoms with van der Waals surface area (Å²) in [6.45, 7) is 12.5. The van der Waals surface area contributed by atoms with E-state index in [1.165, 1.54) is 11.8 Å². The Morgan fingerprint density at radius 1 is 0.787 bits per heavy atom. The van der Waals surface area contributed by atoms with Gasteiger partial charge in [0.2, 0.25) is 0 Å². The maximum absolute atomic E-state index is 12.5. The first-order chi connectivity index (χ1) is 22.5. The van der Waals surface area contributed by atoms with Gasteiger partial charge in [-0.2, -0.15) is 11.8 Å². The molecule has 8 atom stereocenters. The highest BCUT2D eigenvalue weighted by atomic mass is 32.2. The Kier molecular flexibility index (Phi) is 10.1. The predicted octanol–water partition coefficient (Wildman–Crippen LogP) is 5.10. The van der Waals surface area contributed by atoms with Gasteiger partial charge in [0, 0.05) is 34.5 Å². The minimum atomic E-state index is -0.344. The van der Waals surface area contributed by atoms with E-state index < -0.39 is 0 Å². The highest BCUT2D eigenvalue weighted by Gasteiger charge is 2.62. The Balaban J connectivity index is 0.870. The predicted molar refractivity (Wildman–Crippen MR) is 173 cm³/mol. The highest BCUT2D eigenvalue weighted by molar-refractivity contribution is 7.99. The van der Waals surface area contributed by atoms with Crippen LogP contribution in [0, 0.1) is 11.8 Å². The average Bonchev–Trinajstić information content (AvgIpc) is 3.85. The summed E-state index contributed by atoms with van der Waals surface area (Å²) in [5.41, 5.74) is 2.44. The molecular formula is C36H46O10S. The Morgan fingerprint density at radius 3 is 1.64 bits per heavy atom. The standard InChI is InChI=1S/C36H46O10S/c1-21-25-11-9-23(7-5-15-35(3)31(45-35)29(25)43-33(21)39)19-41-27(37)13-17-47-18-14-28(38)42-20-24-8-6-16-36(4)32(46-36)30-26(12-10-24)22(2)34(40)44-30/h7-8,25-26,29-32H,1-2,5-6,9-20H2,3-4H3/b23-7+,24-8+/t25-,26-,29-,30-,31-,32-,35+,36+/m0/s1. The van der Waals surface area contributed by atoms with Crippen molar-refractivity contribution in [3.05, 3.63) is 47.6 Å². The quantitative estimate of drug-likeness (QED) is 0.0769. The third kappa shape index (κ3) is 7.73. The van der Waals surface area contributed by atoms with Gasteiger partial charge in [-0.05, 0) is 76.4 Å². The van der Waals surface area contributed by atoms with E-state index in [2.05, 4.69) is 39.2 Å². The first-order valence-corrected chi connectivity index (χ1v) is 18.0. The largest absolute Gasteiger partial charge is 0.461 e. The number of allylic oxidation sites excluding steroid dienone is 2. The van der Waals surface area contributed by atoms with Crippen LogP contribution in [0.2, 0.25) is 0 Å². The molecule has 6 rings (SSSR count). The molecule has 2 aliphatic carbocycles. The molecule has 0 N–H and O–H groups in total. The molecule has 0 unspecified atom stereocenters. The number of epoxide rings is 2. The van der Waals surface area contributed by atoms with Crippen molar-refractivity contribution in [3.8, 4) is 0 Å². The molecule has 47 heavy (non-hydrogen) atoms. The van der Waals surface area contributed by atoms with E-state index in [1.807, 2.05) is 0 Å². The second kappa shape index (κ2) is 13.9. The third-order valence-electron chi connectivity index (χ3n) is 10.6. The van der Waals surface area contributed by atoms with E-state index in [4.69, 9.17) is 28.4 Å². The second-order valence-corrected chi connectivity index (χ2v) is 15.2. The summed E-state index contributed by atoms with van der Waals surface area (Å²) < 4.78 is 34.3. The minimum absolute atomic E-state index is 0.0864. The lowest BCUT2D eigenvalue weighted by atomic mass is 9.84. The van der Waals surface area contributed by atoms with Crippen molar-refractivity contribution >= 4 is 35.6 Å². The number of carbonyl (C=O) groups excluding carboxylic acids is 4. The van der Waals surface area contributed by atoms with E-state index in [0.717, 1.165) is 36.8 Å². The number of rotatable bonds is 10. The summed E-state index contributed by atoms with van der Waals surface area (Å²) in [6.07, 6.45) is 9.99. The van der Waals surface area contributed by atoms with Gasteiger partial charge >= 0.3 is 23.9 Å². The second-order valence-electron chi connectivity index (χ2n) is 14.0. The van der Waals surface area contributed by atoms with Crippen LogP contribution in [0.4, 0.5) is 0 Å². The molecule has 256 valence electrons. The van der Waals surface area contributed by atoms with Gasteiger partial charge in [0.05, 0.1) is 24.0 Å². The molecule has 0 amide bonds. The first-order valence-electron chi connectivity index (χ1n) is 16.9. The van der Waals surface area contributed by atoms with Gasteiger partial charge in [0.1, 0.15) is 37.6 Å². The summed E-state index contributed by atoms with van der Waals surface area (Å²) in [5, 5.41) is 0. The van der Waals surface area contributed by atoms with Crippen molar-refractivity contribution in [1.29, 1.82) is 0 Å². The smallest absolute Gasteiger partial charge is 0.334 e. The van der Waals surface area contributed by atoms with Crippen molar-refractivity contribution in [2.75, 3.05) is 24.7 Å². The molecule has 10 nitrogen and oxygen atoms in total. The minimum Gasteiger partial charge on any atom is -0.461 e. The van der Waals surface area contributed by atoms with E-state index in [0.29, 0.717) is 48.3 Å². The van der Waals surface area contributed by atoms with Gasteiger partial charge < -0.3 is 28.4 Å². The van der Waals surface area contributed by atoms with Crippen molar-refractivity contribution in [2.45, 2.75) is 114 Å². The molecular weight excluding hydrogens is 624 g/mol. The Morgan fingerprint density at radius 2 is 1.21 bits per heavy atom. The number of esters is 4. The number of fused-ring (bicyclic) bond motifs is 6. The Hall–Kier alpha value is -2.89. The lowest BCUT2D eigenvalue weighted by Gasteiger charge is -2.20. The molecule has 0 bridgehead atoms. The molecule has 6 aliphatic rings. The molecule has 0 radical (unpaired) electrons. The van der Waals surface area contributed by atoms with Crippen molar-refractivity contribution in [1.82, 2.24) is 0 Å². The summed E-state index contributed by atoms with van der Waals surface area (Å²) >= 11 is 1.52. The van der Waals surface area contributed by atoms with Crippen LogP contribution in [0.15, 0.2) is 47.6 Å². The Labute approximate surface area is 280 Å².